The predicted octanol–water partition coefficient (Wildman–Crippen LogP) is 6.44. The smallest absolute Gasteiger partial charge is 0.176 e. The van der Waals surface area contributed by atoms with E-state index in [1.54, 1.807) is 19.2 Å². The number of hydrogen-bond acceptors (Lipinski definition) is 7. The van der Waals surface area contributed by atoms with Crippen LogP contribution in [0.2, 0.25) is 5.02 Å². The number of ether oxygens (including phenoxy) is 3. The SMILES string of the molecule is CCOc1ccc([C@H]2CC(=O)C3=C(C2)Nc2ccccc2N[C@@H]3c2cc(Cl)c(O)c(OC)c2)cc1OC. The highest BCUT2D eigenvalue weighted by Crippen LogP contribution is 2.47. The summed E-state index contributed by atoms with van der Waals surface area (Å²) < 4.78 is 16.6. The number of carbonyl (C=O) groups excluding carboxylic acids is 1. The Labute approximate surface area is 221 Å². The predicted molar refractivity (Wildman–Crippen MR) is 144 cm³/mol. The van der Waals surface area contributed by atoms with Gasteiger partial charge in [-0.2, -0.15) is 0 Å². The Balaban J connectivity index is 1.59. The van der Waals surface area contributed by atoms with Gasteiger partial charge in [0.2, 0.25) is 0 Å². The maximum Gasteiger partial charge on any atom is 0.176 e. The van der Waals surface area contributed by atoms with Crippen LogP contribution < -0.4 is 24.8 Å². The van der Waals surface area contributed by atoms with E-state index in [9.17, 15) is 9.90 Å². The van der Waals surface area contributed by atoms with Gasteiger partial charge in [0.1, 0.15) is 0 Å². The molecule has 0 spiro atoms. The number of phenolic OH excluding ortho intramolecular Hbond substituents is 1. The van der Waals surface area contributed by atoms with Crippen molar-refractivity contribution in [1.29, 1.82) is 0 Å². The Morgan fingerprint density at radius 3 is 2.41 bits per heavy atom. The van der Waals surface area contributed by atoms with Crippen molar-refractivity contribution in [3.8, 4) is 23.0 Å². The number of rotatable bonds is 6. The number of hydrogen-bond donors (Lipinski definition) is 3. The monoisotopic (exact) mass is 520 g/mol. The summed E-state index contributed by atoms with van der Waals surface area (Å²) in [6, 6.07) is 16.6. The molecule has 0 bridgehead atoms. The molecule has 2 atom stereocenters. The molecule has 0 radical (unpaired) electrons. The molecule has 0 aromatic heterocycles. The number of phenols is 1. The van der Waals surface area contributed by atoms with Crippen molar-refractivity contribution in [2.45, 2.75) is 31.7 Å². The van der Waals surface area contributed by atoms with Gasteiger partial charge < -0.3 is 30.0 Å². The number of aromatic hydroxyl groups is 1. The molecule has 0 fully saturated rings. The van der Waals surface area contributed by atoms with E-state index in [1.807, 2.05) is 49.4 Å². The lowest BCUT2D eigenvalue weighted by molar-refractivity contribution is -0.116. The average molecular weight is 521 g/mol. The van der Waals surface area contributed by atoms with E-state index in [1.165, 1.54) is 7.11 Å². The first kappa shape index (κ1) is 24.8. The molecule has 3 N–H and O–H groups in total. The molecule has 3 aromatic rings. The van der Waals surface area contributed by atoms with Crippen LogP contribution in [0.4, 0.5) is 11.4 Å². The second kappa shape index (κ2) is 10.3. The zero-order valence-corrected chi connectivity index (χ0v) is 21.7. The van der Waals surface area contributed by atoms with Crippen molar-refractivity contribution < 1.29 is 24.1 Å². The standard InChI is InChI=1S/C29H29ClN2O5/c1-4-37-24-10-9-16(14-25(24)35-2)17-12-22-27(23(33)13-17)28(32-21-8-6-5-7-20(21)31-22)18-11-19(30)29(34)26(15-18)36-3/h5-11,14-15,17,28,31-32,34H,4,12-13H2,1-3H3/t17-,28-/m1/s1. The quantitative estimate of drug-likeness (QED) is 0.344. The largest absolute Gasteiger partial charge is 0.503 e. The summed E-state index contributed by atoms with van der Waals surface area (Å²) in [4.78, 5) is 13.8. The molecule has 3 aromatic carbocycles. The Kier molecular flexibility index (Phi) is 6.89. The van der Waals surface area contributed by atoms with Crippen LogP contribution in [0.25, 0.3) is 0 Å². The van der Waals surface area contributed by atoms with E-state index >= 15 is 0 Å². The number of nitrogens with one attached hydrogen (secondary N) is 2. The molecule has 0 unspecified atom stereocenters. The number of para-hydroxylation sites is 2. The number of ketones is 1. The zero-order valence-electron chi connectivity index (χ0n) is 20.9. The summed E-state index contributed by atoms with van der Waals surface area (Å²) >= 11 is 6.34. The van der Waals surface area contributed by atoms with E-state index in [2.05, 4.69) is 10.6 Å². The minimum Gasteiger partial charge on any atom is -0.503 e. The molecule has 1 aliphatic heterocycles. The van der Waals surface area contributed by atoms with Gasteiger partial charge in [0, 0.05) is 17.7 Å². The van der Waals surface area contributed by atoms with Crippen molar-refractivity contribution >= 4 is 28.8 Å². The Morgan fingerprint density at radius 2 is 1.68 bits per heavy atom. The van der Waals surface area contributed by atoms with Crippen LogP contribution in [0.3, 0.4) is 0 Å². The topological polar surface area (TPSA) is 89.1 Å². The molecule has 1 heterocycles. The second-order valence-corrected chi connectivity index (χ2v) is 9.47. The van der Waals surface area contributed by atoms with E-state index in [0.717, 1.165) is 28.2 Å². The van der Waals surface area contributed by atoms with Crippen LogP contribution in [0.1, 0.15) is 42.9 Å². The number of halogens is 1. The number of methoxy groups -OCH3 is 2. The first-order chi connectivity index (χ1) is 17.9. The lowest BCUT2D eigenvalue weighted by Crippen LogP contribution is -2.27. The molecular weight excluding hydrogens is 492 g/mol. The van der Waals surface area contributed by atoms with Gasteiger partial charge in [-0.25, -0.2) is 0 Å². The fourth-order valence-corrected chi connectivity index (χ4v) is 5.33. The third-order valence-electron chi connectivity index (χ3n) is 6.87. The summed E-state index contributed by atoms with van der Waals surface area (Å²) in [5.41, 5.74) is 4.97. The van der Waals surface area contributed by atoms with Crippen LogP contribution in [-0.4, -0.2) is 31.7 Å². The van der Waals surface area contributed by atoms with Gasteiger partial charge >= 0.3 is 0 Å². The summed E-state index contributed by atoms with van der Waals surface area (Å²) in [6.07, 6.45) is 0.975. The van der Waals surface area contributed by atoms with Crippen molar-refractivity contribution in [2.75, 3.05) is 31.5 Å². The molecule has 0 saturated heterocycles. The molecule has 0 amide bonds. The van der Waals surface area contributed by atoms with Crippen molar-refractivity contribution in [3.05, 3.63) is 82.0 Å². The zero-order chi connectivity index (χ0) is 26.1. The maximum absolute atomic E-state index is 13.8. The Morgan fingerprint density at radius 1 is 0.946 bits per heavy atom. The van der Waals surface area contributed by atoms with Gasteiger partial charge in [-0.15, -0.1) is 0 Å². The highest BCUT2D eigenvalue weighted by molar-refractivity contribution is 6.32. The molecule has 1 aliphatic carbocycles. The number of benzene rings is 3. The van der Waals surface area contributed by atoms with Gasteiger partial charge in [0.25, 0.3) is 0 Å². The summed E-state index contributed by atoms with van der Waals surface area (Å²) in [5, 5.41) is 17.5. The third-order valence-corrected chi connectivity index (χ3v) is 7.16. The highest BCUT2D eigenvalue weighted by Gasteiger charge is 2.36. The summed E-state index contributed by atoms with van der Waals surface area (Å²) in [6.45, 7) is 2.47. The highest BCUT2D eigenvalue weighted by atomic mass is 35.5. The molecule has 7 nitrogen and oxygen atoms in total. The van der Waals surface area contributed by atoms with Crippen molar-refractivity contribution in [3.63, 3.8) is 0 Å². The van der Waals surface area contributed by atoms with Gasteiger partial charge in [0.05, 0.1) is 43.3 Å². The Bertz CT molecular complexity index is 1390. The Hall–Kier alpha value is -3.84. The van der Waals surface area contributed by atoms with Crippen molar-refractivity contribution in [2.24, 2.45) is 0 Å². The van der Waals surface area contributed by atoms with Crippen molar-refractivity contribution in [1.82, 2.24) is 0 Å². The van der Waals surface area contributed by atoms with Crippen LogP contribution in [-0.2, 0) is 4.79 Å². The number of carbonyl (C=O) groups is 1. The first-order valence-electron chi connectivity index (χ1n) is 12.2. The van der Waals surface area contributed by atoms with Gasteiger partial charge in [-0.05, 0) is 66.8 Å². The van der Waals surface area contributed by atoms with Crippen LogP contribution in [0, 0.1) is 0 Å². The van der Waals surface area contributed by atoms with Crippen LogP contribution >= 0.6 is 11.6 Å². The number of fused-ring (bicyclic) bond motifs is 1. The minimum absolute atomic E-state index is 0.0278. The minimum atomic E-state index is -0.485. The van der Waals surface area contributed by atoms with Crippen LogP contribution in [0.5, 0.6) is 23.0 Å². The molecule has 0 saturated carbocycles. The number of anilines is 2. The summed E-state index contributed by atoms with van der Waals surface area (Å²) in [5.74, 6) is 1.44. The summed E-state index contributed by atoms with van der Waals surface area (Å²) in [7, 11) is 3.09. The molecule has 2 aliphatic rings. The van der Waals surface area contributed by atoms with Gasteiger partial charge in [-0.3, -0.25) is 4.79 Å². The average Bonchev–Trinajstić information content (AvgIpc) is 3.07. The normalized spacial score (nSPS) is 18.6. The van der Waals surface area contributed by atoms with E-state index in [4.69, 9.17) is 25.8 Å². The maximum atomic E-state index is 13.8. The van der Waals surface area contributed by atoms with E-state index in [-0.39, 0.29) is 28.2 Å². The molecule has 8 heteroatoms. The number of allylic oxidation sites excluding steroid dienone is 1. The van der Waals surface area contributed by atoms with E-state index in [0.29, 0.717) is 36.5 Å². The van der Waals surface area contributed by atoms with E-state index < -0.39 is 6.04 Å². The van der Waals surface area contributed by atoms with Gasteiger partial charge in [0.15, 0.2) is 28.8 Å². The lowest BCUT2D eigenvalue weighted by atomic mass is 9.78. The fourth-order valence-electron chi connectivity index (χ4n) is 5.11. The van der Waals surface area contributed by atoms with Gasteiger partial charge in [-0.1, -0.05) is 29.8 Å². The second-order valence-electron chi connectivity index (χ2n) is 9.07. The molecule has 192 valence electrons. The lowest BCUT2D eigenvalue weighted by Gasteiger charge is -2.30. The van der Waals surface area contributed by atoms with Crippen LogP contribution in [0.15, 0.2) is 65.9 Å². The molecule has 37 heavy (non-hydrogen) atoms. The third kappa shape index (κ3) is 4.67. The molecule has 5 rings (SSSR count). The molecular formula is C29H29ClN2O5. The fraction of sp³-hybridized carbons (Fsp3) is 0.276. The first-order valence-corrected chi connectivity index (χ1v) is 12.6. The number of Topliss-reactive ketones (excluding diaryl/α,β-unsaturated/α-hetero) is 1.